The van der Waals surface area contributed by atoms with E-state index >= 15 is 0 Å². The van der Waals surface area contributed by atoms with Crippen LogP contribution >= 0.6 is 0 Å². The second kappa shape index (κ2) is 8.66. The minimum atomic E-state index is -0.959. The van der Waals surface area contributed by atoms with Gasteiger partial charge in [-0.15, -0.1) is 0 Å². The first-order valence-electron chi connectivity index (χ1n) is 7.23. The summed E-state index contributed by atoms with van der Waals surface area (Å²) >= 11 is 0. The Labute approximate surface area is 132 Å². The van der Waals surface area contributed by atoms with E-state index in [4.69, 9.17) is 5.11 Å². The van der Waals surface area contributed by atoms with Crippen LogP contribution in [0, 0.1) is 10.1 Å². The van der Waals surface area contributed by atoms with Gasteiger partial charge in [0.1, 0.15) is 6.04 Å². The van der Waals surface area contributed by atoms with Crippen molar-refractivity contribution in [2.45, 2.75) is 38.6 Å². The number of carboxylic acids is 1. The highest BCUT2D eigenvalue weighted by Crippen LogP contribution is 2.16. The maximum Gasteiger partial charge on any atom is 0.303 e. The van der Waals surface area contributed by atoms with Gasteiger partial charge in [0.2, 0.25) is 5.91 Å². The Bertz CT molecular complexity index is 640. The Morgan fingerprint density at radius 2 is 2.13 bits per heavy atom. The van der Waals surface area contributed by atoms with Gasteiger partial charge in [0.25, 0.3) is 11.2 Å². The molecule has 1 atom stereocenters. The molecule has 1 amide bonds. The number of carbonyl (C=O) groups is 2. The van der Waals surface area contributed by atoms with Crippen molar-refractivity contribution < 1.29 is 19.6 Å². The number of carboxylic acid groups (broad SMARTS) is 1. The zero-order valence-electron chi connectivity index (χ0n) is 12.7. The summed E-state index contributed by atoms with van der Waals surface area (Å²) in [6.07, 6.45) is 2.19. The fourth-order valence-electron chi connectivity index (χ4n) is 2.08. The van der Waals surface area contributed by atoms with E-state index in [1.807, 2.05) is 6.92 Å². The van der Waals surface area contributed by atoms with E-state index in [1.165, 1.54) is 0 Å². The van der Waals surface area contributed by atoms with Crippen molar-refractivity contribution >= 4 is 17.6 Å². The number of rotatable bonds is 9. The average Bonchev–Trinajstić information content (AvgIpc) is 2.49. The van der Waals surface area contributed by atoms with Gasteiger partial charge in [0.05, 0.1) is 11.1 Å². The number of hydrogen-bond acceptors (Lipinski definition) is 5. The van der Waals surface area contributed by atoms with Crippen LogP contribution in [-0.2, 0) is 9.59 Å². The lowest BCUT2D eigenvalue weighted by atomic mass is 10.1. The highest BCUT2D eigenvalue weighted by atomic mass is 16.6. The Morgan fingerprint density at radius 1 is 1.43 bits per heavy atom. The average molecular weight is 325 g/mol. The van der Waals surface area contributed by atoms with Crippen molar-refractivity contribution in [3.63, 3.8) is 0 Å². The highest BCUT2D eigenvalue weighted by Gasteiger charge is 2.22. The Balaban J connectivity index is 2.91. The number of pyridine rings is 1. The van der Waals surface area contributed by atoms with Crippen molar-refractivity contribution in [3.05, 3.63) is 38.8 Å². The molecule has 23 heavy (non-hydrogen) atoms. The first-order valence-corrected chi connectivity index (χ1v) is 7.23. The molecular formula is C14H19N3O6. The molecule has 1 aromatic heterocycles. The summed E-state index contributed by atoms with van der Waals surface area (Å²) in [6, 6.07) is 1.28. The molecule has 2 N–H and O–H groups in total. The van der Waals surface area contributed by atoms with E-state index in [0.717, 1.165) is 22.9 Å². The van der Waals surface area contributed by atoms with Crippen molar-refractivity contribution in [2.75, 3.05) is 6.54 Å². The summed E-state index contributed by atoms with van der Waals surface area (Å²) in [4.78, 5) is 44.8. The van der Waals surface area contributed by atoms with E-state index in [-0.39, 0.29) is 25.1 Å². The molecule has 1 rings (SSSR count). The van der Waals surface area contributed by atoms with Crippen LogP contribution in [0.4, 0.5) is 5.69 Å². The zero-order chi connectivity index (χ0) is 17.4. The van der Waals surface area contributed by atoms with Gasteiger partial charge in [0, 0.05) is 25.1 Å². The van der Waals surface area contributed by atoms with Crippen LogP contribution in [0.5, 0.6) is 0 Å². The molecule has 0 saturated carbocycles. The van der Waals surface area contributed by atoms with Crippen molar-refractivity contribution in [1.82, 2.24) is 9.88 Å². The van der Waals surface area contributed by atoms with E-state index in [0.29, 0.717) is 12.8 Å². The van der Waals surface area contributed by atoms with Crippen LogP contribution in [0.2, 0.25) is 0 Å². The number of nitro groups is 1. The van der Waals surface area contributed by atoms with E-state index in [1.54, 1.807) is 0 Å². The largest absolute Gasteiger partial charge is 0.481 e. The fourth-order valence-corrected chi connectivity index (χ4v) is 2.08. The van der Waals surface area contributed by atoms with Gasteiger partial charge in [-0.1, -0.05) is 13.3 Å². The maximum absolute atomic E-state index is 12.2. The third kappa shape index (κ3) is 5.53. The van der Waals surface area contributed by atoms with Crippen molar-refractivity contribution in [1.29, 1.82) is 0 Å². The molecule has 0 spiro atoms. The van der Waals surface area contributed by atoms with Crippen LogP contribution in [-0.4, -0.2) is 33.0 Å². The summed E-state index contributed by atoms with van der Waals surface area (Å²) in [7, 11) is 0. The molecule has 1 heterocycles. The predicted molar refractivity (Wildman–Crippen MR) is 81.2 cm³/mol. The zero-order valence-corrected chi connectivity index (χ0v) is 12.7. The van der Waals surface area contributed by atoms with Gasteiger partial charge >= 0.3 is 5.97 Å². The first-order chi connectivity index (χ1) is 10.9. The topological polar surface area (TPSA) is 132 Å². The molecule has 9 nitrogen and oxygen atoms in total. The van der Waals surface area contributed by atoms with Gasteiger partial charge in [-0.3, -0.25) is 29.1 Å². The number of aliphatic carboxylic acids is 1. The maximum atomic E-state index is 12.2. The van der Waals surface area contributed by atoms with Crippen molar-refractivity contribution in [3.8, 4) is 0 Å². The Kier molecular flexibility index (Phi) is 6.91. The van der Waals surface area contributed by atoms with Crippen molar-refractivity contribution in [2.24, 2.45) is 0 Å². The number of aromatic nitrogens is 1. The van der Waals surface area contributed by atoms with Crippen LogP contribution in [0.25, 0.3) is 0 Å². The molecule has 0 fully saturated rings. The minimum Gasteiger partial charge on any atom is -0.481 e. The number of nitrogens with zero attached hydrogens (tertiary/aromatic N) is 2. The SMILES string of the molecule is CCCC(C(=O)NCCCC(=O)O)n1cc([N+](=O)[O-])ccc1=O. The monoisotopic (exact) mass is 325 g/mol. The summed E-state index contributed by atoms with van der Waals surface area (Å²) in [5, 5.41) is 21.9. The molecule has 0 saturated heterocycles. The summed E-state index contributed by atoms with van der Waals surface area (Å²) in [5.74, 6) is -1.42. The molecule has 1 unspecified atom stereocenters. The lowest BCUT2D eigenvalue weighted by Gasteiger charge is -2.18. The van der Waals surface area contributed by atoms with Gasteiger partial charge in [0.15, 0.2) is 0 Å². The molecule has 0 aromatic carbocycles. The molecule has 0 aliphatic rings. The summed E-state index contributed by atoms with van der Waals surface area (Å²) < 4.78 is 1.05. The molecule has 0 aliphatic heterocycles. The first kappa shape index (κ1) is 18.3. The molecule has 0 aliphatic carbocycles. The molecule has 9 heteroatoms. The summed E-state index contributed by atoms with van der Waals surface area (Å²) in [6.45, 7) is 1.99. The molecule has 0 bridgehead atoms. The third-order valence-electron chi connectivity index (χ3n) is 3.20. The van der Waals surface area contributed by atoms with Gasteiger partial charge < -0.3 is 10.4 Å². The normalized spacial score (nSPS) is 11.7. The predicted octanol–water partition coefficient (Wildman–Crippen LogP) is 1.08. The molecule has 1 aromatic rings. The summed E-state index contributed by atoms with van der Waals surface area (Å²) in [5.41, 5.74) is -0.779. The standard InChI is InChI=1S/C14H19N3O6/c1-2-4-11(14(21)15-8-3-5-13(19)20)16-9-10(17(22)23)6-7-12(16)18/h6-7,9,11H,2-5,8H2,1H3,(H,15,21)(H,19,20). The fraction of sp³-hybridized carbons (Fsp3) is 0.500. The quantitative estimate of drug-likeness (QED) is 0.397. The Hall–Kier alpha value is -2.71. The van der Waals surface area contributed by atoms with Crippen LogP contribution in [0.1, 0.15) is 38.6 Å². The van der Waals surface area contributed by atoms with Gasteiger partial charge in [-0.25, -0.2) is 0 Å². The van der Waals surface area contributed by atoms with E-state index < -0.39 is 28.4 Å². The highest BCUT2D eigenvalue weighted by molar-refractivity contribution is 5.80. The molecule has 0 radical (unpaired) electrons. The lowest BCUT2D eigenvalue weighted by molar-refractivity contribution is -0.385. The molecule has 126 valence electrons. The second-order valence-electron chi connectivity index (χ2n) is 4.98. The van der Waals surface area contributed by atoms with E-state index in [9.17, 15) is 24.5 Å². The number of carbonyl (C=O) groups excluding carboxylic acids is 1. The lowest BCUT2D eigenvalue weighted by Crippen LogP contribution is -2.37. The third-order valence-corrected chi connectivity index (χ3v) is 3.20. The number of hydrogen-bond donors (Lipinski definition) is 2. The van der Waals surface area contributed by atoms with Crippen LogP contribution in [0.3, 0.4) is 0 Å². The Morgan fingerprint density at radius 3 is 2.70 bits per heavy atom. The number of nitrogens with one attached hydrogen (secondary N) is 1. The van der Waals surface area contributed by atoms with Crippen LogP contribution in [0.15, 0.2) is 23.1 Å². The molecular weight excluding hydrogens is 306 g/mol. The van der Waals surface area contributed by atoms with Gasteiger partial charge in [-0.05, 0) is 12.8 Å². The second-order valence-corrected chi connectivity index (χ2v) is 4.98. The van der Waals surface area contributed by atoms with Gasteiger partial charge in [-0.2, -0.15) is 0 Å². The minimum absolute atomic E-state index is 0.0739. The van der Waals surface area contributed by atoms with E-state index in [2.05, 4.69) is 5.32 Å². The number of amides is 1. The smallest absolute Gasteiger partial charge is 0.303 e. The van der Waals surface area contributed by atoms with Crippen LogP contribution < -0.4 is 10.9 Å².